The molecule has 3 amide bonds. The van der Waals surface area contributed by atoms with Crippen LogP contribution in [0.15, 0.2) is 59.2 Å². The van der Waals surface area contributed by atoms with Crippen molar-refractivity contribution < 1.29 is 32.0 Å². The molecule has 0 aliphatic rings. The number of thiophene rings is 1. The van der Waals surface area contributed by atoms with E-state index >= 15 is 0 Å². The summed E-state index contributed by atoms with van der Waals surface area (Å²) in [7, 11) is 0. The topological polar surface area (TPSA) is 100 Å². The van der Waals surface area contributed by atoms with Gasteiger partial charge < -0.3 is 20.4 Å². The van der Waals surface area contributed by atoms with Crippen LogP contribution in [0.25, 0.3) is 0 Å². The van der Waals surface area contributed by atoms with Crippen molar-refractivity contribution in [2.24, 2.45) is 0 Å². The van der Waals surface area contributed by atoms with E-state index in [9.17, 15) is 27.6 Å². The predicted octanol–water partition coefficient (Wildman–Crippen LogP) is 4.14. The van der Waals surface area contributed by atoms with Crippen molar-refractivity contribution in [1.82, 2.24) is 5.32 Å². The van der Waals surface area contributed by atoms with E-state index < -0.39 is 30.4 Å². The molecule has 30 heavy (non-hydrogen) atoms. The molecule has 3 aromatic rings. The third-order valence-electron chi connectivity index (χ3n) is 3.68. The van der Waals surface area contributed by atoms with Crippen LogP contribution in [0.3, 0.4) is 0 Å². The second kappa shape index (κ2) is 8.82. The first kappa shape index (κ1) is 21.1. The fourth-order valence-electron chi connectivity index (χ4n) is 2.36. The number of rotatable bonds is 6. The Morgan fingerprint density at radius 2 is 1.67 bits per heavy atom. The normalized spacial score (nSPS) is 11.0. The summed E-state index contributed by atoms with van der Waals surface area (Å²) >= 11 is 0.979. The number of carbonyl (C=O) groups is 3. The predicted molar refractivity (Wildman–Crippen MR) is 104 cm³/mol. The standard InChI is InChI=1S/C19H14F3N3O4S/c20-19(21,22)10-23-16(26)11-4-1-2-5-12(11)24-18(28)14-7-8-15(30-14)25-17(27)13-6-3-9-29-13/h1-9H,10H2,(H,23,26)(H,24,28)(H,25,27). The average molecular weight is 437 g/mol. The first-order valence-electron chi connectivity index (χ1n) is 8.43. The SMILES string of the molecule is O=C(Nc1ccc(C(=O)Nc2ccccc2C(=O)NCC(F)(F)F)s1)c1ccco1. The molecule has 0 atom stereocenters. The van der Waals surface area contributed by atoms with Gasteiger partial charge in [-0.3, -0.25) is 14.4 Å². The van der Waals surface area contributed by atoms with Gasteiger partial charge in [-0.15, -0.1) is 11.3 Å². The van der Waals surface area contributed by atoms with Gasteiger partial charge in [-0.1, -0.05) is 12.1 Å². The number of carbonyl (C=O) groups excluding carboxylic acids is 3. The van der Waals surface area contributed by atoms with E-state index in [-0.39, 0.29) is 21.9 Å². The molecular weight excluding hydrogens is 423 g/mol. The van der Waals surface area contributed by atoms with Gasteiger partial charge in [0.15, 0.2) is 5.76 Å². The van der Waals surface area contributed by atoms with Crippen molar-refractivity contribution in [1.29, 1.82) is 0 Å². The fourth-order valence-corrected chi connectivity index (χ4v) is 3.15. The molecule has 7 nitrogen and oxygen atoms in total. The second-order valence-corrected chi connectivity index (χ2v) is 6.98. The number of furan rings is 1. The van der Waals surface area contributed by atoms with Gasteiger partial charge >= 0.3 is 6.18 Å². The van der Waals surface area contributed by atoms with E-state index in [0.29, 0.717) is 5.00 Å². The molecule has 11 heteroatoms. The molecule has 0 bridgehead atoms. The summed E-state index contributed by atoms with van der Waals surface area (Å²) in [6.45, 7) is -1.49. The molecule has 0 fully saturated rings. The number of hydrogen-bond donors (Lipinski definition) is 3. The Morgan fingerprint density at radius 3 is 2.37 bits per heavy atom. The van der Waals surface area contributed by atoms with E-state index in [2.05, 4.69) is 10.6 Å². The van der Waals surface area contributed by atoms with Gasteiger partial charge in [0, 0.05) is 0 Å². The highest BCUT2D eigenvalue weighted by Gasteiger charge is 2.28. The van der Waals surface area contributed by atoms with Crippen LogP contribution in [-0.4, -0.2) is 30.4 Å². The molecule has 0 saturated carbocycles. The van der Waals surface area contributed by atoms with E-state index in [0.717, 1.165) is 11.3 Å². The van der Waals surface area contributed by atoms with Crippen molar-refractivity contribution in [2.75, 3.05) is 17.2 Å². The number of hydrogen-bond acceptors (Lipinski definition) is 5. The lowest BCUT2D eigenvalue weighted by Gasteiger charge is -2.12. The molecule has 0 unspecified atom stereocenters. The van der Waals surface area contributed by atoms with Crippen molar-refractivity contribution in [3.05, 3.63) is 71.0 Å². The zero-order valence-electron chi connectivity index (χ0n) is 15.1. The van der Waals surface area contributed by atoms with Crippen LogP contribution < -0.4 is 16.0 Å². The third-order valence-corrected chi connectivity index (χ3v) is 4.68. The lowest BCUT2D eigenvalue weighted by Crippen LogP contribution is -2.34. The molecular formula is C19H14F3N3O4S. The lowest BCUT2D eigenvalue weighted by molar-refractivity contribution is -0.123. The Kier molecular flexibility index (Phi) is 6.21. The van der Waals surface area contributed by atoms with Crippen LogP contribution >= 0.6 is 11.3 Å². The quantitative estimate of drug-likeness (QED) is 0.540. The van der Waals surface area contributed by atoms with E-state index in [1.165, 1.54) is 48.7 Å². The van der Waals surface area contributed by atoms with Gasteiger partial charge in [0.25, 0.3) is 17.7 Å². The minimum atomic E-state index is -4.55. The van der Waals surface area contributed by atoms with Crippen LogP contribution in [-0.2, 0) is 0 Å². The maximum Gasteiger partial charge on any atom is 0.405 e. The first-order valence-corrected chi connectivity index (χ1v) is 9.24. The molecule has 3 rings (SSSR count). The minimum Gasteiger partial charge on any atom is -0.459 e. The first-order chi connectivity index (χ1) is 14.2. The molecule has 156 valence electrons. The molecule has 0 spiro atoms. The van der Waals surface area contributed by atoms with Crippen molar-refractivity contribution in [3.63, 3.8) is 0 Å². The Bertz CT molecular complexity index is 1060. The molecule has 2 heterocycles. The molecule has 0 aliphatic heterocycles. The van der Waals surface area contributed by atoms with E-state index in [1.54, 1.807) is 11.4 Å². The molecule has 0 saturated heterocycles. The Hall–Kier alpha value is -3.60. The van der Waals surface area contributed by atoms with Crippen molar-refractivity contribution >= 4 is 39.7 Å². The van der Waals surface area contributed by atoms with Gasteiger partial charge in [0.1, 0.15) is 6.54 Å². The Balaban J connectivity index is 1.67. The number of anilines is 2. The summed E-state index contributed by atoms with van der Waals surface area (Å²) in [5.41, 5.74) is -0.0604. The zero-order valence-corrected chi connectivity index (χ0v) is 15.9. The maximum absolute atomic E-state index is 12.5. The van der Waals surface area contributed by atoms with Crippen molar-refractivity contribution in [3.8, 4) is 0 Å². The van der Waals surface area contributed by atoms with Crippen LogP contribution in [0, 0.1) is 0 Å². The molecule has 3 N–H and O–H groups in total. The number of nitrogens with one attached hydrogen (secondary N) is 3. The van der Waals surface area contributed by atoms with Gasteiger partial charge in [-0.2, -0.15) is 13.2 Å². The highest BCUT2D eigenvalue weighted by Crippen LogP contribution is 2.25. The van der Waals surface area contributed by atoms with Gasteiger partial charge in [-0.25, -0.2) is 0 Å². The fraction of sp³-hybridized carbons (Fsp3) is 0.105. The van der Waals surface area contributed by atoms with E-state index in [4.69, 9.17) is 4.42 Å². The molecule has 1 aromatic carbocycles. The Morgan fingerprint density at radius 1 is 0.900 bits per heavy atom. The number of amides is 3. The monoisotopic (exact) mass is 437 g/mol. The van der Waals surface area contributed by atoms with Gasteiger partial charge in [-0.05, 0) is 36.4 Å². The minimum absolute atomic E-state index is 0.0525. The summed E-state index contributed by atoms with van der Waals surface area (Å²) in [6, 6.07) is 11.7. The number of alkyl halides is 3. The highest BCUT2D eigenvalue weighted by molar-refractivity contribution is 7.18. The lowest BCUT2D eigenvalue weighted by atomic mass is 10.1. The summed E-state index contributed by atoms with van der Waals surface area (Å²) in [5, 5.41) is 7.23. The van der Waals surface area contributed by atoms with Crippen LogP contribution in [0.5, 0.6) is 0 Å². The summed E-state index contributed by atoms with van der Waals surface area (Å²) in [6.07, 6.45) is -3.20. The largest absolute Gasteiger partial charge is 0.459 e. The Labute approximate surface area is 171 Å². The second-order valence-electron chi connectivity index (χ2n) is 5.89. The van der Waals surface area contributed by atoms with Gasteiger partial charge in [0.05, 0.1) is 27.4 Å². The molecule has 2 aromatic heterocycles. The highest BCUT2D eigenvalue weighted by atomic mass is 32.1. The summed E-state index contributed by atoms with van der Waals surface area (Å²) < 4.78 is 42.0. The van der Waals surface area contributed by atoms with Crippen LogP contribution in [0.4, 0.5) is 23.9 Å². The van der Waals surface area contributed by atoms with Crippen molar-refractivity contribution in [2.45, 2.75) is 6.18 Å². The maximum atomic E-state index is 12.5. The average Bonchev–Trinajstić information content (AvgIpc) is 3.38. The number of benzene rings is 1. The van der Waals surface area contributed by atoms with Gasteiger partial charge in [0.2, 0.25) is 0 Å². The number of halogens is 3. The number of para-hydroxylation sites is 1. The molecule has 0 radical (unpaired) electrons. The van der Waals surface area contributed by atoms with Crippen LogP contribution in [0.2, 0.25) is 0 Å². The van der Waals surface area contributed by atoms with E-state index in [1.807, 2.05) is 0 Å². The summed E-state index contributed by atoms with van der Waals surface area (Å²) in [5.74, 6) is -1.94. The molecule has 0 aliphatic carbocycles. The van der Waals surface area contributed by atoms with Crippen LogP contribution in [0.1, 0.15) is 30.6 Å². The zero-order chi connectivity index (χ0) is 21.7. The smallest absolute Gasteiger partial charge is 0.405 e. The third kappa shape index (κ3) is 5.47. The summed E-state index contributed by atoms with van der Waals surface area (Å²) in [4.78, 5) is 36.7.